The maximum absolute atomic E-state index is 4.33. The Kier molecular flexibility index (Phi) is 2.77. The minimum Gasteiger partial charge on any atom is -0.265 e. The normalized spacial score (nSPS) is 10.1. The molecule has 0 bridgehead atoms. The van der Waals surface area contributed by atoms with Crippen LogP contribution in [0.15, 0.2) is 36.7 Å². The van der Waals surface area contributed by atoms with Gasteiger partial charge in [-0.3, -0.25) is 4.98 Å². The van der Waals surface area contributed by atoms with Gasteiger partial charge in [-0.15, -0.1) is 0 Å². The van der Waals surface area contributed by atoms with Crippen molar-refractivity contribution in [1.29, 1.82) is 0 Å². The third-order valence-electron chi connectivity index (χ3n) is 1.94. The number of pyridine rings is 2. The van der Waals surface area contributed by atoms with Crippen molar-refractivity contribution >= 4 is 22.6 Å². The molecule has 0 unspecified atom stereocenters. The summed E-state index contributed by atoms with van der Waals surface area (Å²) in [5, 5.41) is 0. The van der Waals surface area contributed by atoms with Crippen LogP contribution >= 0.6 is 22.6 Å². The Balaban J connectivity index is 2.52. The number of rotatable bonds is 1. The van der Waals surface area contributed by atoms with E-state index in [2.05, 4.69) is 44.7 Å². The monoisotopic (exact) mass is 296 g/mol. The molecule has 70 valence electrons. The molecule has 2 rings (SSSR count). The smallest absolute Gasteiger partial charge is 0.102 e. The van der Waals surface area contributed by atoms with Gasteiger partial charge in [0.1, 0.15) is 3.70 Å². The van der Waals surface area contributed by atoms with Gasteiger partial charge >= 0.3 is 0 Å². The first-order valence-electron chi connectivity index (χ1n) is 4.30. The van der Waals surface area contributed by atoms with Crippen LogP contribution in [0.1, 0.15) is 5.69 Å². The summed E-state index contributed by atoms with van der Waals surface area (Å²) in [6.45, 7) is 2.01. The summed E-state index contributed by atoms with van der Waals surface area (Å²) in [6, 6.07) is 8.16. The van der Waals surface area contributed by atoms with Gasteiger partial charge in [0.25, 0.3) is 0 Å². The average Bonchev–Trinajstić information content (AvgIpc) is 2.18. The van der Waals surface area contributed by atoms with Gasteiger partial charge in [0.15, 0.2) is 0 Å². The quantitative estimate of drug-likeness (QED) is 0.597. The Bertz CT molecular complexity index is 420. The molecule has 0 radical (unpaired) electrons. The lowest BCUT2D eigenvalue weighted by atomic mass is 10.1. The van der Waals surface area contributed by atoms with Crippen LogP contribution in [-0.2, 0) is 0 Å². The van der Waals surface area contributed by atoms with Gasteiger partial charge in [0, 0.05) is 18.1 Å². The number of hydrogen-bond acceptors (Lipinski definition) is 2. The average molecular weight is 296 g/mol. The second-order valence-electron chi connectivity index (χ2n) is 3.06. The largest absolute Gasteiger partial charge is 0.265 e. The van der Waals surface area contributed by atoms with E-state index in [1.807, 2.05) is 19.1 Å². The van der Waals surface area contributed by atoms with Gasteiger partial charge < -0.3 is 0 Å². The molecule has 0 saturated carbocycles. The van der Waals surface area contributed by atoms with Crippen LogP contribution < -0.4 is 0 Å². The van der Waals surface area contributed by atoms with Crippen molar-refractivity contribution in [3.63, 3.8) is 0 Å². The molecule has 0 aliphatic carbocycles. The van der Waals surface area contributed by atoms with Gasteiger partial charge in [0.05, 0.1) is 0 Å². The molecule has 2 heterocycles. The number of halogens is 1. The number of aromatic nitrogens is 2. The molecular formula is C11H9IN2. The van der Waals surface area contributed by atoms with E-state index in [9.17, 15) is 0 Å². The molecule has 0 N–H and O–H groups in total. The van der Waals surface area contributed by atoms with Crippen molar-refractivity contribution in [2.45, 2.75) is 6.92 Å². The molecule has 2 nitrogen and oxygen atoms in total. The molecule has 3 heteroatoms. The molecule has 0 atom stereocenters. The van der Waals surface area contributed by atoms with Gasteiger partial charge in [-0.1, -0.05) is 0 Å². The minimum absolute atomic E-state index is 1.02. The second-order valence-corrected chi connectivity index (χ2v) is 4.16. The molecule has 0 saturated heterocycles. The molecule has 0 aliphatic heterocycles. The first-order valence-corrected chi connectivity index (χ1v) is 5.38. The number of hydrogen-bond donors (Lipinski definition) is 0. The lowest BCUT2D eigenvalue weighted by Gasteiger charge is -2.02. The summed E-state index contributed by atoms with van der Waals surface area (Å²) in [6.07, 6.45) is 3.61. The highest BCUT2D eigenvalue weighted by atomic mass is 127. The highest BCUT2D eigenvalue weighted by molar-refractivity contribution is 14.1. The van der Waals surface area contributed by atoms with Gasteiger partial charge in [-0.25, -0.2) is 4.98 Å². The summed E-state index contributed by atoms with van der Waals surface area (Å²) in [5.41, 5.74) is 3.43. The SMILES string of the molecule is Cc1cc(-c2ccncc2)cc(I)n1. The van der Waals surface area contributed by atoms with E-state index >= 15 is 0 Å². The van der Waals surface area contributed by atoms with E-state index in [4.69, 9.17) is 0 Å². The highest BCUT2D eigenvalue weighted by Crippen LogP contribution is 2.20. The Morgan fingerprint density at radius 3 is 2.43 bits per heavy atom. The number of aryl methyl sites for hydroxylation is 1. The number of nitrogens with zero attached hydrogens (tertiary/aromatic N) is 2. The van der Waals surface area contributed by atoms with Crippen molar-refractivity contribution in [3.8, 4) is 11.1 Å². The molecular weight excluding hydrogens is 287 g/mol. The maximum atomic E-state index is 4.33. The predicted octanol–water partition coefficient (Wildman–Crippen LogP) is 3.06. The Hall–Kier alpha value is -0.970. The van der Waals surface area contributed by atoms with Crippen LogP contribution in [0.5, 0.6) is 0 Å². The predicted molar refractivity (Wildman–Crippen MR) is 64.9 cm³/mol. The second kappa shape index (κ2) is 4.04. The van der Waals surface area contributed by atoms with E-state index in [0.717, 1.165) is 9.39 Å². The van der Waals surface area contributed by atoms with Crippen molar-refractivity contribution in [2.75, 3.05) is 0 Å². The Labute approximate surface area is 96.6 Å². The van der Waals surface area contributed by atoms with E-state index in [0.29, 0.717) is 0 Å². The summed E-state index contributed by atoms with van der Waals surface area (Å²) < 4.78 is 1.02. The maximum Gasteiger partial charge on any atom is 0.102 e. The zero-order chi connectivity index (χ0) is 9.97. The third kappa shape index (κ3) is 2.09. The fraction of sp³-hybridized carbons (Fsp3) is 0.0909. The van der Waals surface area contributed by atoms with Crippen molar-refractivity contribution in [2.24, 2.45) is 0 Å². The molecule has 2 aromatic rings. The molecule has 0 aliphatic rings. The summed E-state index contributed by atoms with van der Waals surface area (Å²) in [7, 11) is 0. The van der Waals surface area contributed by atoms with E-state index in [1.54, 1.807) is 12.4 Å². The van der Waals surface area contributed by atoms with Gasteiger partial charge in [0.2, 0.25) is 0 Å². The van der Waals surface area contributed by atoms with Crippen LogP contribution in [0.3, 0.4) is 0 Å². The van der Waals surface area contributed by atoms with Gasteiger partial charge in [-0.05, 0) is 64.9 Å². The Morgan fingerprint density at radius 1 is 1.07 bits per heavy atom. The van der Waals surface area contributed by atoms with Crippen LogP contribution in [0.25, 0.3) is 11.1 Å². The van der Waals surface area contributed by atoms with Crippen LogP contribution in [-0.4, -0.2) is 9.97 Å². The Morgan fingerprint density at radius 2 is 1.79 bits per heavy atom. The molecule has 0 aromatic carbocycles. The third-order valence-corrected chi connectivity index (χ3v) is 2.49. The zero-order valence-electron chi connectivity index (χ0n) is 7.74. The first-order chi connectivity index (χ1) is 6.75. The van der Waals surface area contributed by atoms with Gasteiger partial charge in [-0.2, -0.15) is 0 Å². The fourth-order valence-corrected chi connectivity index (χ4v) is 2.06. The summed E-state index contributed by atoms with van der Waals surface area (Å²) >= 11 is 2.23. The topological polar surface area (TPSA) is 25.8 Å². The van der Waals surface area contributed by atoms with E-state index in [-0.39, 0.29) is 0 Å². The standard InChI is InChI=1S/C11H9IN2/c1-8-6-10(7-11(12)14-8)9-2-4-13-5-3-9/h2-7H,1H3. The molecule has 0 amide bonds. The highest BCUT2D eigenvalue weighted by Gasteiger charge is 1.99. The molecule has 0 spiro atoms. The molecule has 2 aromatic heterocycles. The van der Waals surface area contributed by atoms with Crippen molar-refractivity contribution < 1.29 is 0 Å². The summed E-state index contributed by atoms with van der Waals surface area (Å²) in [5.74, 6) is 0. The van der Waals surface area contributed by atoms with E-state index < -0.39 is 0 Å². The first kappa shape index (κ1) is 9.58. The van der Waals surface area contributed by atoms with Crippen LogP contribution in [0.2, 0.25) is 0 Å². The molecule has 0 fully saturated rings. The lowest BCUT2D eigenvalue weighted by molar-refractivity contribution is 1.16. The van der Waals surface area contributed by atoms with Crippen molar-refractivity contribution in [3.05, 3.63) is 46.1 Å². The van der Waals surface area contributed by atoms with Crippen LogP contribution in [0.4, 0.5) is 0 Å². The van der Waals surface area contributed by atoms with E-state index in [1.165, 1.54) is 11.1 Å². The fourth-order valence-electron chi connectivity index (χ4n) is 1.34. The van der Waals surface area contributed by atoms with Crippen LogP contribution in [0, 0.1) is 10.6 Å². The minimum atomic E-state index is 1.02. The summed E-state index contributed by atoms with van der Waals surface area (Å²) in [4.78, 5) is 8.33. The molecule has 14 heavy (non-hydrogen) atoms. The van der Waals surface area contributed by atoms with Crippen molar-refractivity contribution in [1.82, 2.24) is 9.97 Å². The zero-order valence-corrected chi connectivity index (χ0v) is 9.89. The lowest BCUT2D eigenvalue weighted by Crippen LogP contribution is -1.87.